The Morgan fingerprint density at radius 3 is 2.71 bits per heavy atom. The highest BCUT2D eigenvalue weighted by Crippen LogP contribution is 2.18. The Morgan fingerprint density at radius 2 is 2.18 bits per heavy atom. The van der Waals surface area contributed by atoms with E-state index in [1.807, 2.05) is 36.5 Å². The van der Waals surface area contributed by atoms with Gasteiger partial charge in [0.2, 0.25) is 0 Å². The lowest BCUT2D eigenvalue weighted by Gasteiger charge is -2.08. The van der Waals surface area contributed by atoms with E-state index in [-0.39, 0.29) is 6.61 Å². The van der Waals surface area contributed by atoms with E-state index in [2.05, 4.69) is 15.1 Å². The average molecular weight is 229 g/mol. The third-order valence-electron chi connectivity index (χ3n) is 2.41. The summed E-state index contributed by atoms with van der Waals surface area (Å²) in [5.41, 5.74) is 10.1. The second kappa shape index (κ2) is 5.16. The van der Waals surface area contributed by atoms with E-state index in [4.69, 9.17) is 10.6 Å². The van der Waals surface area contributed by atoms with Crippen LogP contribution in [-0.2, 0) is 0 Å². The van der Waals surface area contributed by atoms with Gasteiger partial charge in [-0.2, -0.15) is 5.10 Å². The summed E-state index contributed by atoms with van der Waals surface area (Å²) < 4.78 is 1.73. The van der Waals surface area contributed by atoms with Crippen LogP contribution in [0.1, 0.15) is 11.6 Å². The summed E-state index contributed by atoms with van der Waals surface area (Å²) in [5.74, 6) is 0. The van der Waals surface area contributed by atoms with Crippen LogP contribution in [0, 0.1) is 0 Å². The molecule has 0 bridgehead atoms. The van der Waals surface area contributed by atoms with Crippen molar-refractivity contribution in [2.75, 3.05) is 6.61 Å². The maximum Gasteiger partial charge on any atom is 0.0856 e. The molecule has 0 saturated heterocycles. The quantitative estimate of drug-likeness (QED) is 0.495. The predicted octanol–water partition coefficient (Wildman–Crippen LogP) is 2.22. The molecule has 0 saturated carbocycles. The minimum absolute atomic E-state index is 0.203. The highest BCUT2D eigenvalue weighted by atomic mass is 16.3. The summed E-state index contributed by atoms with van der Waals surface area (Å²) in [6, 6.07) is 8.64. The lowest BCUT2D eigenvalue weighted by Crippen LogP contribution is -2.01. The maximum atomic E-state index is 9.08. The zero-order valence-electron chi connectivity index (χ0n) is 9.01. The maximum absolute atomic E-state index is 9.08. The molecule has 2 rings (SSSR count). The second-order valence-corrected chi connectivity index (χ2v) is 3.45. The highest BCUT2D eigenvalue weighted by Gasteiger charge is 2.07. The standard InChI is InChI=1S/C11H11N5O/c12-15-14-11(8-17)9-2-4-10(5-3-9)16-7-1-6-13-16/h1-7,11,17H,8H2. The van der Waals surface area contributed by atoms with E-state index in [1.165, 1.54) is 0 Å². The minimum Gasteiger partial charge on any atom is -0.396 e. The number of hydrogen-bond donors (Lipinski definition) is 1. The fraction of sp³-hybridized carbons (Fsp3) is 0.182. The van der Waals surface area contributed by atoms with Crippen molar-refractivity contribution in [1.29, 1.82) is 0 Å². The minimum atomic E-state index is -0.535. The normalized spacial score (nSPS) is 11.8. The molecule has 1 aromatic heterocycles. The van der Waals surface area contributed by atoms with E-state index >= 15 is 0 Å². The van der Waals surface area contributed by atoms with Crippen LogP contribution in [0.2, 0.25) is 0 Å². The number of nitrogens with zero attached hydrogens (tertiary/aromatic N) is 5. The van der Waals surface area contributed by atoms with Crippen molar-refractivity contribution >= 4 is 0 Å². The van der Waals surface area contributed by atoms with Gasteiger partial charge in [-0.25, -0.2) is 4.68 Å². The topological polar surface area (TPSA) is 86.8 Å². The SMILES string of the molecule is [N-]=[N+]=NC(CO)c1ccc(-n2cccn2)cc1. The van der Waals surface area contributed by atoms with Gasteiger partial charge in [0.15, 0.2) is 0 Å². The lowest BCUT2D eigenvalue weighted by molar-refractivity contribution is 0.268. The van der Waals surface area contributed by atoms with Crippen LogP contribution in [0.4, 0.5) is 0 Å². The molecule has 0 amide bonds. The molecule has 6 nitrogen and oxygen atoms in total. The number of aliphatic hydroxyl groups is 1. The van der Waals surface area contributed by atoms with Crippen LogP contribution in [0.15, 0.2) is 47.8 Å². The molecular weight excluding hydrogens is 218 g/mol. The molecule has 6 heteroatoms. The molecule has 2 aromatic rings. The first-order valence-corrected chi connectivity index (χ1v) is 5.10. The van der Waals surface area contributed by atoms with Gasteiger partial charge in [-0.05, 0) is 29.3 Å². The predicted molar refractivity (Wildman–Crippen MR) is 62.5 cm³/mol. The van der Waals surface area contributed by atoms with Crippen molar-refractivity contribution in [3.63, 3.8) is 0 Å². The number of aromatic nitrogens is 2. The van der Waals surface area contributed by atoms with Gasteiger partial charge in [0.05, 0.1) is 18.3 Å². The van der Waals surface area contributed by atoms with Crippen molar-refractivity contribution < 1.29 is 5.11 Å². The van der Waals surface area contributed by atoms with Gasteiger partial charge in [-0.15, -0.1) is 0 Å². The van der Waals surface area contributed by atoms with Crippen LogP contribution >= 0.6 is 0 Å². The fourth-order valence-electron chi connectivity index (χ4n) is 1.54. The first-order valence-electron chi connectivity index (χ1n) is 5.10. The summed E-state index contributed by atoms with van der Waals surface area (Å²) in [6.45, 7) is -0.203. The van der Waals surface area contributed by atoms with E-state index < -0.39 is 6.04 Å². The summed E-state index contributed by atoms with van der Waals surface area (Å²) >= 11 is 0. The van der Waals surface area contributed by atoms with Crippen molar-refractivity contribution in [3.8, 4) is 5.69 Å². The Labute approximate surface area is 97.8 Å². The Bertz CT molecular complexity index is 513. The van der Waals surface area contributed by atoms with E-state index in [0.29, 0.717) is 0 Å². The first kappa shape index (κ1) is 11.2. The molecule has 0 fully saturated rings. The van der Waals surface area contributed by atoms with Crippen LogP contribution in [0.3, 0.4) is 0 Å². The van der Waals surface area contributed by atoms with Gasteiger partial charge in [0.1, 0.15) is 0 Å². The third kappa shape index (κ3) is 2.44. The summed E-state index contributed by atoms with van der Waals surface area (Å²) in [6.07, 6.45) is 3.54. The largest absolute Gasteiger partial charge is 0.396 e. The zero-order valence-corrected chi connectivity index (χ0v) is 9.01. The van der Waals surface area contributed by atoms with Gasteiger partial charge in [-0.3, -0.25) is 0 Å². The number of benzene rings is 1. The van der Waals surface area contributed by atoms with Gasteiger partial charge in [-0.1, -0.05) is 17.2 Å². The van der Waals surface area contributed by atoms with Crippen molar-refractivity contribution in [2.45, 2.75) is 6.04 Å². The second-order valence-electron chi connectivity index (χ2n) is 3.45. The molecule has 1 aromatic carbocycles. The number of hydrogen-bond acceptors (Lipinski definition) is 3. The molecule has 0 radical (unpaired) electrons. The molecule has 1 unspecified atom stereocenters. The van der Waals surface area contributed by atoms with Crippen LogP contribution < -0.4 is 0 Å². The molecule has 1 N–H and O–H groups in total. The molecule has 86 valence electrons. The number of rotatable bonds is 4. The van der Waals surface area contributed by atoms with Gasteiger partial charge >= 0.3 is 0 Å². The lowest BCUT2D eigenvalue weighted by atomic mass is 10.1. The van der Waals surface area contributed by atoms with Gasteiger partial charge in [0.25, 0.3) is 0 Å². The molecule has 17 heavy (non-hydrogen) atoms. The number of aliphatic hydroxyl groups excluding tert-OH is 1. The van der Waals surface area contributed by atoms with Crippen molar-refractivity contribution in [2.24, 2.45) is 5.11 Å². The fourth-order valence-corrected chi connectivity index (χ4v) is 1.54. The van der Waals surface area contributed by atoms with Gasteiger partial charge in [0, 0.05) is 17.3 Å². The Morgan fingerprint density at radius 1 is 1.41 bits per heavy atom. The van der Waals surface area contributed by atoms with E-state index in [9.17, 15) is 0 Å². The smallest absolute Gasteiger partial charge is 0.0856 e. The molecule has 1 atom stereocenters. The Kier molecular flexibility index (Phi) is 3.40. The van der Waals surface area contributed by atoms with E-state index in [0.717, 1.165) is 11.3 Å². The van der Waals surface area contributed by atoms with E-state index in [1.54, 1.807) is 10.9 Å². The van der Waals surface area contributed by atoms with Crippen LogP contribution in [0.5, 0.6) is 0 Å². The molecule has 0 aliphatic heterocycles. The monoisotopic (exact) mass is 229 g/mol. The van der Waals surface area contributed by atoms with Crippen LogP contribution in [0.25, 0.3) is 16.1 Å². The third-order valence-corrected chi connectivity index (χ3v) is 2.41. The summed E-state index contributed by atoms with van der Waals surface area (Å²) in [4.78, 5) is 2.70. The molecule has 0 aliphatic carbocycles. The van der Waals surface area contributed by atoms with Crippen LogP contribution in [-0.4, -0.2) is 21.5 Å². The molecule has 1 heterocycles. The molecular formula is C11H11N5O. The molecule has 0 spiro atoms. The van der Waals surface area contributed by atoms with Crippen molar-refractivity contribution in [1.82, 2.24) is 9.78 Å². The van der Waals surface area contributed by atoms with Crippen molar-refractivity contribution in [3.05, 3.63) is 58.7 Å². The first-order chi connectivity index (χ1) is 8.35. The molecule has 0 aliphatic rings. The average Bonchev–Trinajstić information content (AvgIpc) is 2.90. The summed E-state index contributed by atoms with van der Waals surface area (Å²) in [7, 11) is 0. The summed E-state index contributed by atoms with van der Waals surface area (Å²) in [5, 5.41) is 16.7. The number of azide groups is 1. The Hall–Kier alpha value is -2.30. The zero-order chi connectivity index (χ0) is 12.1. The highest BCUT2D eigenvalue weighted by molar-refractivity contribution is 5.35. The van der Waals surface area contributed by atoms with Gasteiger partial charge < -0.3 is 5.11 Å². The Balaban J connectivity index is 2.26.